The van der Waals surface area contributed by atoms with Crippen LogP contribution in [0.1, 0.15) is 23.4 Å². The Balaban J connectivity index is 1.48. The molecule has 8 heteroatoms. The number of hydrogen-bond donors (Lipinski definition) is 2. The third-order valence-electron chi connectivity index (χ3n) is 4.40. The van der Waals surface area contributed by atoms with Crippen LogP contribution in [-0.4, -0.2) is 32.3 Å². The lowest BCUT2D eigenvalue weighted by Crippen LogP contribution is -2.15. The Kier molecular flexibility index (Phi) is 7.24. The molecule has 156 valence electrons. The first-order valence-electron chi connectivity index (χ1n) is 9.65. The number of aromatic nitrogens is 3. The van der Waals surface area contributed by atoms with Crippen molar-refractivity contribution in [3.63, 3.8) is 0 Å². The molecule has 2 N–H and O–H groups in total. The van der Waals surface area contributed by atoms with Crippen molar-refractivity contribution < 1.29 is 9.59 Å². The van der Waals surface area contributed by atoms with Crippen molar-refractivity contribution in [2.75, 3.05) is 16.4 Å². The Morgan fingerprint density at radius 2 is 1.60 bits per heavy atom. The Morgan fingerprint density at radius 3 is 2.30 bits per heavy atom. The Hall–Kier alpha value is -3.13. The normalized spacial score (nSPS) is 10.6. The summed E-state index contributed by atoms with van der Waals surface area (Å²) >= 11 is 1.32. The van der Waals surface area contributed by atoms with Crippen LogP contribution in [0.4, 0.5) is 11.4 Å². The van der Waals surface area contributed by atoms with E-state index in [0.717, 1.165) is 22.5 Å². The number of carbonyl (C=O) groups is 2. The molecule has 0 aliphatic carbocycles. The summed E-state index contributed by atoms with van der Waals surface area (Å²) in [4.78, 5) is 24.4. The first-order valence-corrected chi connectivity index (χ1v) is 10.6. The number of carbonyl (C=O) groups excluding carboxylic acids is 2. The third kappa shape index (κ3) is 6.18. The molecule has 2 amide bonds. The number of amides is 2. The van der Waals surface area contributed by atoms with Crippen LogP contribution in [0.3, 0.4) is 0 Å². The standard InChI is InChI=1S/C22H25N5O2S/c1-15-11-16(2)13-18(12-15)24-21(29)14-30-22-26-25-19(27(22)3)9-10-20(28)23-17-7-5-4-6-8-17/h4-8,11-13H,9-10,14H2,1-3H3,(H,23,28)(H,24,29). The number of nitrogens with one attached hydrogen (secondary N) is 2. The first kappa shape index (κ1) is 21.6. The Bertz CT molecular complexity index is 1010. The van der Waals surface area contributed by atoms with Crippen molar-refractivity contribution in [3.8, 4) is 0 Å². The minimum Gasteiger partial charge on any atom is -0.326 e. The monoisotopic (exact) mass is 423 g/mol. The van der Waals surface area contributed by atoms with E-state index in [2.05, 4.69) is 26.9 Å². The van der Waals surface area contributed by atoms with Crippen LogP contribution >= 0.6 is 11.8 Å². The number of anilines is 2. The minimum atomic E-state index is -0.100. The van der Waals surface area contributed by atoms with E-state index in [9.17, 15) is 9.59 Å². The summed E-state index contributed by atoms with van der Waals surface area (Å²) in [5, 5.41) is 14.7. The molecule has 3 rings (SSSR count). The number of para-hydroxylation sites is 1. The maximum Gasteiger partial charge on any atom is 0.234 e. The molecule has 1 heterocycles. The summed E-state index contributed by atoms with van der Waals surface area (Å²) in [7, 11) is 1.84. The lowest BCUT2D eigenvalue weighted by atomic mass is 10.1. The van der Waals surface area contributed by atoms with Crippen molar-refractivity contribution >= 4 is 35.0 Å². The Morgan fingerprint density at radius 1 is 0.933 bits per heavy atom. The second-order valence-electron chi connectivity index (χ2n) is 7.09. The predicted octanol–water partition coefficient (Wildman–Crippen LogP) is 3.73. The minimum absolute atomic E-state index is 0.0776. The van der Waals surface area contributed by atoms with E-state index >= 15 is 0 Å². The quantitative estimate of drug-likeness (QED) is 0.539. The molecule has 0 aliphatic heterocycles. The summed E-state index contributed by atoms with van der Waals surface area (Å²) in [6.45, 7) is 4.00. The molecule has 0 saturated heterocycles. The lowest BCUT2D eigenvalue weighted by Gasteiger charge is -2.08. The molecule has 0 saturated carbocycles. The van der Waals surface area contributed by atoms with Gasteiger partial charge in [-0.3, -0.25) is 9.59 Å². The van der Waals surface area contributed by atoms with Gasteiger partial charge in [-0.2, -0.15) is 0 Å². The molecule has 0 atom stereocenters. The van der Waals surface area contributed by atoms with Crippen LogP contribution in [0, 0.1) is 13.8 Å². The molecule has 7 nitrogen and oxygen atoms in total. The number of nitrogens with zero attached hydrogens (tertiary/aromatic N) is 3. The van der Waals surface area contributed by atoms with Gasteiger partial charge in [0, 0.05) is 31.3 Å². The molecule has 1 aromatic heterocycles. The van der Waals surface area contributed by atoms with Crippen LogP contribution in [-0.2, 0) is 23.1 Å². The highest BCUT2D eigenvalue weighted by Crippen LogP contribution is 2.18. The van der Waals surface area contributed by atoms with Gasteiger partial charge in [-0.1, -0.05) is 36.0 Å². The van der Waals surface area contributed by atoms with Crippen LogP contribution in [0.15, 0.2) is 53.7 Å². The van der Waals surface area contributed by atoms with E-state index in [1.807, 2.05) is 67.9 Å². The second-order valence-corrected chi connectivity index (χ2v) is 8.03. The lowest BCUT2D eigenvalue weighted by molar-refractivity contribution is -0.116. The molecule has 3 aromatic rings. The zero-order chi connectivity index (χ0) is 21.5. The van der Waals surface area contributed by atoms with Crippen LogP contribution in [0.25, 0.3) is 0 Å². The summed E-state index contributed by atoms with van der Waals surface area (Å²) in [6, 6.07) is 15.3. The molecule has 0 bridgehead atoms. The van der Waals surface area contributed by atoms with Gasteiger partial charge in [-0.25, -0.2) is 0 Å². The van der Waals surface area contributed by atoms with Gasteiger partial charge in [0.15, 0.2) is 5.16 Å². The zero-order valence-corrected chi connectivity index (χ0v) is 18.1. The summed E-state index contributed by atoms with van der Waals surface area (Å²) in [6.07, 6.45) is 0.774. The molecule has 0 aliphatic rings. The molecular weight excluding hydrogens is 398 g/mol. The van der Waals surface area contributed by atoms with Gasteiger partial charge in [0.25, 0.3) is 0 Å². The number of rotatable bonds is 8. The van der Waals surface area contributed by atoms with Crippen molar-refractivity contribution in [2.45, 2.75) is 31.8 Å². The van der Waals surface area contributed by atoms with Gasteiger partial charge in [0.05, 0.1) is 5.75 Å². The maximum atomic E-state index is 12.3. The average Bonchev–Trinajstić information content (AvgIpc) is 3.04. The number of benzene rings is 2. The molecule has 0 unspecified atom stereocenters. The number of thioether (sulfide) groups is 1. The maximum absolute atomic E-state index is 12.3. The second kappa shape index (κ2) is 10.1. The van der Waals surface area contributed by atoms with Gasteiger partial charge in [-0.15, -0.1) is 10.2 Å². The molecule has 0 spiro atoms. The predicted molar refractivity (Wildman–Crippen MR) is 120 cm³/mol. The highest BCUT2D eigenvalue weighted by molar-refractivity contribution is 7.99. The van der Waals surface area contributed by atoms with E-state index in [1.54, 1.807) is 0 Å². The van der Waals surface area contributed by atoms with Crippen LogP contribution in [0.2, 0.25) is 0 Å². The van der Waals surface area contributed by atoms with E-state index in [4.69, 9.17) is 0 Å². The van der Waals surface area contributed by atoms with Crippen LogP contribution < -0.4 is 10.6 Å². The fourth-order valence-corrected chi connectivity index (χ4v) is 3.76. The molecular formula is C22H25N5O2S. The van der Waals surface area contributed by atoms with E-state index in [0.29, 0.717) is 23.8 Å². The van der Waals surface area contributed by atoms with Crippen LogP contribution in [0.5, 0.6) is 0 Å². The smallest absolute Gasteiger partial charge is 0.234 e. The average molecular weight is 424 g/mol. The van der Waals surface area contributed by atoms with Gasteiger partial charge < -0.3 is 15.2 Å². The first-order chi connectivity index (χ1) is 14.4. The van der Waals surface area contributed by atoms with Gasteiger partial charge in [-0.05, 0) is 49.2 Å². The fraction of sp³-hybridized carbons (Fsp3) is 0.273. The zero-order valence-electron chi connectivity index (χ0n) is 17.3. The number of aryl methyl sites for hydroxylation is 3. The summed E-state index contributed by atoms with van der Waals surface area (Å²) in [5.41, 5.74) is 3.77. The topological polar surface area (TPSA) is 88.9 Å². The molecule has 0 fully saturated rings. The van der Waals surface area contributed by atoms with E-state index in [-0.39, 0.29) is 17.6 Å². The Labute approximate surface area is 180 Å². The van der Waals surface area contributed by atoms with E-state index in [1.165, 1.54) is 11.8 Å². The van der Waals surface area contributed by atoms with E-state index < -0.39 is 0 Å². The summed E-state index contributed by atoms with van der Waals surface area (Å²) < 4.78 is 1.82. The third-order valence-corrected chi connectivity index (χ3v) is 5.42. The van der Waals surface area contributed by atoms with Crippen molar-refractivity contribution in [1.82, 2.24) is 14.8 Å². The fourth-order valence-electron chi connectivity index (χ4n) is 3.03. The summed E-state index contributed by atoms with van der Waals surface area (Å²) in [5.74, 6) is 0.756. The van der Waals surface area contributed by atoms with Gasteiger partial charge >= 0.3 is 0 Å². The van der Waals surface area contributed by atoms with Crippen molar-refractivity contribution in [2.24, 2.45) is 7.05 Å². The van der Waals surface area contributed by atoms with Crippen molar-refractivity contribution in [1.29, 1.82) is 0 Å². The van der Waals surface area contributed by atoms with Gasteiger partial charge in [0.2, 0.25) is 11.8 Å². The molecule has 30 heavy (non-hydrogen) atoms. The highest BCUT2D eigenvalue weighted by Gasteiger charge is 2.13. The highest BCUT2D eigenvalue weighted by atomic mass is 32.2. The van der Waals surface area contributed by atoms with Gasteiger partial charge in [0.1, 0.15) is 5.82 Å². The molecule has 0 radical (unpaired) electrons. The SMILES string of the molecule is Cc1cc(C)cc(NC(=O)CSc2nnc(CCC(=O)Nc3ccccc3)n2C)c1. The van der Waals surface area contributed by atoms with Crippen molar-refractivity contribution in [3.05, 3.63) is 65.5 Å². The molecule has 2 aromatic carbocycles. The number of hydrogen-bond acceptors (Lipinski definition) is 5. The largest absolute Gasteiger partial charge is 0.326 e.